The van der Waals surface area contributed by atoms with Gasteiger partial charge in [0.1, 0.15) is 11.6 Å². The molecule has 1 aliphatic heterocycles. The van der Waals surface area contributed by atoms with Crippen molar-refractivity contribution in [3.05, 3.63) is 64.0 Å². The predicted molar refractivity (Wildman–Crippen MR) is 106 cm³/mol. The van der Waals surface area contributed by atoms with Gasteiger partial charge in [0.2, 0.25) is 5.75 Å². The van der Waals surface area contributed by atoms with Gasteiger partial charge in [0.15, 0.2) is 6.61 Å². The summed E-state index contributed by atoms with van der Waals surface area (Å²) < 4.78 is 24.1. The third kappa shape index (κ3) is 5.33. The van der Waals surface area contributed by atoms with Gasteiger partial charge in [-0.05, 0) is 23.8 Å². The molecule has 0 aliphatic carbocycles. The van der Waals surface area contributed by atoms with E-state index >= 15 is 0 Å². The number of carbonyl (C=O) groups is 1. The Labute approximate surface area is 173 Å². The van der Waals surface area contributed by atoms with Crippen molar-refractivity contribution in [2.24, 2.45) is 0 Å². The lowest BCUT2D eigenvalue weighted by Gasteiger charge is -2.36. The Morgan fingerprint density at radius 3 is 2.83 bits per heavy atom. The van der Waals surface area contributed by atoms with Crippen molar-refractivity contribution in [3.63, 3.8) is 0 Å². The van der Waals surface area contributed by atoms with Crippen LogP contribution >= 0.6 is 12.4 Å². The van der Waals surface area contributed by atoms with Crippen LogP contribution in [0.2, 0.25) is 0 Å². The predicted octanol–water partition coefficient (Wildman–Crippen LogP) is 2.72. The molecule has 0 aromatic heterocycles. The number of rotatable bonds is 6. The second kappa shape index (κ2) is 10.0. The molecule has 1 atom stereocenters. The molecule has 2 aromatic rings. The van der Waals surface area contributed by atoms with Gasteiger partial charge in [0.25, 0.3) is 5.91 Å². The van der Waals surface area contributed by atoms with E-state index in [1.807, 2.05) is 0 Å². The molecule has 0 spiro atoms. The zero-order valence-electron chi connectivity index (χ0n) is 15.7. The minimum atomic E-state index is -0.557. The van der Waals surface area contributed by atoms with E-state index in [2.05, 4.69) is 5.32 Å². The van der Waals surface area contributed by atoms with E-state index in [9.17, 15) is 19.3 Å². The van der Waals surface area contributed by atoms with Crippen LogP contribution in [0.25, 0.3) is 0 Å². The average Bonchev–Trinajstić information content (AvgIpc) is 2.71. The van der Waals surface area contributed by atoms with Crippen molar-refractivity contribution >= 4 is 24.0 Å². The summed E-state index contributed by atoms with van der Waals surface area (Å²) in [5.74, 6) is -0.277. The fourth-order valence-electron chi connectivity index (χ4n) is 3.14. The molecule has 156 valence electrons. The summed E-state index contributed by atoms with van der Waals surface area (Å²) in [6, 6.07) is 9.91. The smallest absolute Gasteiger partial charge is 0.311 e. The minimum absolute atomic E-state index is 0. The Morgan fingerprint density at radius 1 is 1.34 bits per heavy atom. The molecule has 0 bridgehead atoms. The lowest BCUT2D eigenvalue weighted by atomic mass is 10.0. The van der Waals surface area contributed by atoms with Crippen molar-refractivity contribution in [2.45, 2.75) is 6.04 Å². The fourth-order valence-corrected chi connectivity index (χ4v) is 3.14. The summed E-state index contributed by atoms with van der Waals surface area (Å²) in [5, 5.41) is 14.2. The number of amides is 1. The zero-order valence-corrected chi connectivity index (χ0v) is 16.5. The van der Waals surface area contributed by atoms with Gasteiger partial charge in [0.05, 0.1) is 18.1 Å². The van der Waals surface area contributed by atoms with Crippen LogP contribution in [0.4, 0.5) is 10.1 Å². The molecule has 1 amide bonds. The molecule has 10 heteroatoms. The summed E-state index contributed by atoms with van der Waals surface area (Å²) in [5.41, 5.74) is 0.520. The third-order valence-electron chi connectivity index (χ3n) is 4.51. The maximum Gasteiger partial charge on any atom is 0.311 e. The van der Waals surface area contributed by atoms with Crippen LogP contribution < -0.4 is 14.8 Å². The van der Waals surface area contributed by atoms with Crippen molar-refractivity contribution in [2.75, 3.05) is 33.4 Å². The molecule has 1 unspecified atom stereocenters. The first kappa shape index (κ1) is 22.4. The van der Waals surface area contributed by atoms with Crippen LogP contribution in [0.1, 0.15) is 11.6 Å². The maximum absolute atomic E-state index is 13.6. The van der Waals surface area contributed by atoms with E-state index in [1.54, 1.807) is 17.0 Å². The number of nitro groups is 1. The highest BCUT2D eigenvalue weighted by molar-refractivity contribution is 5.85. The van der Waals surface area contributed by atoms with Gasteiger partial charge in [-0.25, -0.2) is 4.39 Å². The lowest BCUT2D eigenvalue weighted by Crippen LogP contribution is -2.50. The van der Waals surface area contributed by atoms with E-state index in [0.29, 0.717) is 25.2 Å². The largest absolute Gasteiger partial charge is 0.490 e. The summed E-state index contributed by atoms with van der Waals surface area (Å²) in [6.45, 7) is 1.36. The van der Waals surface area contributed by atoms with E-state index in [0.717, 1.165) is 0 Å². The van der Waals surface area contributed by atoms with Crippen molar-refractivity contribution < 1.29 is 23.6 Å². The van der Waals surface area contributed by atoms with Crippen LogP contribution in [0.5, 0.6) is 11.5 Å². The standard InChI is InChI=1S/C19H20FN3O5.ClH/c1-27-18-10-15(5-6-16(18)23(25)26)28-12-19(24)22-8-7-21-11-17(22)13-3-2-4-14(20)9-13;/h2-6,9-10,17,21H,7-8,11-12H2,1H3;1H. The molecule has 2 aromatic carbocycles. The number of halogens is 2. The Bertz CT molecular complexity index is 883. The molecule has 0 saturated carbocycles. The van der Waals surface area contributed by atoms with Crippen LogP contribution in [0.3, 0.4) is 0 Å². The molecule has 1 aliphatic rings. The fraction of sp³-hybridized carbons (Fsp3) is 0.316. The average molecular weight is 426 g/mol. The Hall–Kier alpha value is -2.91. The normalized spacial score (nSPS) is 15.9. The number of hydrogen-bond donors (Lipinski definition) is 1. The van der Waals surface area contributed by atoms with Gasteiger partial charge in [-0.3, -0.25) is 14.9 Å². The molecule has 0 radical (unpaired) electrons. The number of ether oxygens (including phenoxy) is 2. The van der Waals surface area contributed by atoms with Crippen LogP contribution in [0, 0.1) is 15.9 Å². The first-order chi connectivity index (χ1) is 13.5. The quantitative estimate of drug-likeness (QED) is 0.565. The van der Waals surface area contributed by atoms with Gasteiger partial charge in [-0.1, -0.05) is 12.1 Å². The molecular weight excluding hydrogens is 405 g/mol. The number of nitro benzene ring substituents is 1. The Balaban J connectivity index is 0.00000300. The monoisotopic (exact) mass is 425 g/mol. The van der Waals surface area contributed by atoms with Crippen LogP contribution in [0.15, 0.2) is 42.5 Å². The number of carbonyl (C=O) groups excluding carboxylic acids is 1. The molecule has 1 saturated heterocycles. The summed E-state index contributed by atoms with van der Waals surface area (Å²) in [6.07, 6.45) is 0. The first-order valence-electron chi connectivity index (χ1n) is 8.70. The van der Waals surface area contributed by atoms with Gasteiger partial charge in [-0.2, -0.15) is 0 Å². The zero-order chi connectivity index (χ0) is 20.1. The van der Waals surface area contributed by atoms with Gasteiger partial charge < -0.3 is 19.7 Å². The summed E-state index contributed by atoms with van der Waals surface area (Å²) in [7, 11) is 1.32. The number of benzene rings is 2. The first-order valence-corrected chi connectivity index (χ1v) is 8.70. The second-order valence-electron chi connectivity index (χ2n) is 6.24. The molecular formula is C19H21ClFN3O5. The SMILES string of the molecule is COc1cc(OCC(=O)N2CCNCC2c2cccc(F)c2)ccc1[N+](=O)[O-].Cl. The van der Waals surface area contributed by atoms with Gasteiger partial charge in [-0.15, -0.1) is 12.4 Å². The Morgan fingerprint density at radius 2 is 2.14 bits per heavy atom. The van der Waals surface area contributed by atoms with Crippen molar-refractivity contribution in [1.82, 2.24) is 10.2 Å². The van der Waals surface area contributed by atoms with Crippen molar-refractivity contribution in [1.29, 1.82) is 0 Å². The van der Waals surface area contributed by atoms with Gasteiger partial charge >= 0.3 is 5.69 Å². The molecule has 1 fully saturated rings. The highest BCUT2D eigenvalue weighted by atomic mass is 35.5. The van der Waals surface area contributed by atoms with E-state index in [1.165, 1.54) is 37.4 Å². The van der Waals surface area contributed by atoms with E-state index in [4.69, 9.17) is 9.47 Å². The molecule has 8 nitrogen and oxygen atoms in total. The number of methoxy groups -OCH3 is 1. The van der Waals surface area contributed by atoms with Crippen LogP contribution in [-0.2, 0) is 4.79 Å². The van der Waals surface area contributed by atoms with Gasteiger partial charge in [0, 0.05) is 31.8 Å². The van der Waals surface area contributed by atoms with E-state index < -0.39 is 4.92 Å². The van der Waals surface area contributed by atoms with Crippen molar-refractivity contribution in [3.8, 4) is 11.5 Å². The number of hydrogen-bond acceptors (Lipinski definition) is 6. The molecule has 29 heavy (non-hydrogen) atoms. The lowest BCUT2D eigenvalue weighted by molar-refractivity contribution is -0.385. The maximum atomic E-state index is 13.6. The summed E-state index contributed by atoms with van der Waals surface area (Å²) in [4.78, 5) is 24.7. The summed E-state index contributed by atoms with van der Waals surface area (Å²) >= 11 is 0. The second-order valence-corrected chi connectivity index (χ2v) is 6.24. The molecule has 1 N–H and O–H groups in total. The Kier molecular flexibility index (Phi) is 7.74. The topological polar surface area (TPSA) is 93.9 Å². The third-order valence-corrected chi connectivity index (χ3v) is 4.51. The van der Waals surface area contributed by atoms with Crippen LogP contribution in [-0.4, -0.2) is 49.1 Å². The molecule has 1 heterocycles. The number of nitrogens with zero attached hydrogens (tertiary/aromatic N) is 2. The number of piperazine rings is 1. The minimum Gasteiger partial charge on any atom is -0.490 e. The van der Waals surface area contributed by atoms with E-state index in [-0.39, 0.29) is 54.0 Å². The highest BCUT2D eigenvalue weighted by Gasteiger charge is 2.28. The highest BCUT2D eigenvalue weighted by Crippen LogP contribution is 2.31. The molecule has 3 rings (SSSR count). The number of nitrogens with one attached hydrogen (secondary N) is 1.